The van der Waals surface area contributed by atoms with Crippen LogP contribution in [-0.2, 0) is 4.79 Å². The van der Waals surface area contributed by atoms with Crippen molar-refractivity contribution in [1.29, 1.82) is 0 Å². The predicted octanol–water partition coefficient (Wildman–Crippen LogP) is 3.86. The number of carbonyl (C=O) groups excluding carboxylic acids is 1. The zero-order chi connectivity index (χ0) is 17.9. The van der Waals surface area contributed by atoms with Gasteiger partial charge in [-0.2, -0.15) is 5.10 Å². The van der Waals surface area contributed by atoms with Gasteiger partial charge in [0.15, 0.2) is 0 Å². The lowest BCUT2D eigenvalue weighted by atomic mass is 9.93. The second-order valence-electron chi connectivity index (χ2n) is 8.55. The van der Waals surface area contributed by atoms with E-state index >= 15 is 0 Å². The number of aromatic nitrogens is 2. The summed E-state index contributed by atoms with van der Waals surface area (Å²) >= 11 is 0. The molecule has 1 fully saturated rings. The second kappa shape index (κ2) is 7.73. The van der Waals surface area contributed by atoms with Gasteiger partial charge in [-0.05, 0) is 38.0 Å². The summed E-state index contributed by atoms with van der Waals surface area (Å²) in [7, 11) is 0. The highest BCUT2D eigenvalue weighted by atomic mass is 16.2. The Kier molecular flexibility index (Phi) is 5.62. The molecule has 0 aromatic carbocycles. The number of nitrogens with one attached hydrogen (secondary N) is 1. The van der Waals surface area contributed by atoms with Crippen LogP contribution in [0.2, 0.25) is 0 Å². The Hall–Kier alpha value is -1.62. The average Bonchev–Trinajstić information content (AvgIpc) is 3.04. The first-order valence-electron chi connectivity index (χ1n) is 9.66. The Labute approximate surface area is 151 Å². The number of amides is 1. The standard InChI is InChI=1S/C20H32N4O/c1-20(2,3)19(25)22-18-9-12-21-24(18)17-10-13-23(14-11-17)15-16-7-5-4-6-8-16/h4-5,9,12,16-17H,6-8,10-11,13-15H2,1-3H3,(H,22,25)/t16-/m1/s1. The Morgan fingerprint density at radius 1 is 1.24 bits per heavy atom. The molecular formula is C20H32N4O. The van der Waals surface area contributed by atoms with Crippen molar-refractivity contribution >= 4 is 11.7 Å². The molecule has 1 aromatic heterocycles. The quantitative estimate of drug-likeness (QED) is 0.844. The Morgan fingerprint density at radius 2 is 2.00 bits per heavy atom. The number of hydrogen-bond donors (Lipinski definition) is 1. The fraction of sp³-hybridized carbons (Fsp3) is 0.700. The summed E-state index contributed by atoms with van der Waals surface area (Å²) in [6, 6.07) is 2.29. The summed E-state index contributed by atoms with van der Waals surface area (Å²) in [5.41, 5.74) is -0.396. The molecule has 0 unspecified atom stereocenters. The van der Waals surface area contributed by atoms with E-state index in [2.05, 4.69) is 27.5 Å². The molecule has 0 radical (unpaired) electrons. The van der Waals surface area contributed by atoms with E-state index in [9.17, 15) is 4.79 Å². The van der Waals surface area contributed by atoms with E-state index in [0.717, 1.165) is 37.7 Å². The number of piperidine rings is 1. The molecule has 1 aliphatic carbocycles. The first kappa shape index (κ1) is 18.2. The van der Waals surface area contributed by atoms with Gasteiger partial charge in [-0.1, -0.05) is 32.9 Å². The van der Waals surface area contributed by atoms with Crippen molar-refractivity contribution in [3.63, 3.8) is 0 Å². The largest absolute Gasteiger partial charge is 0.310 e. The molecule has 0 saturated carbocycles. The number of anilines is 1. The highest BCUT2D eigenvalue weighted by Crippen LogP contribution is 2.28. The van der Waals surface area contributed by atoms with Crippen molar-refractivity contribution < 1.29 is 4.79 Å². The molecule has 0 bridgehead atoms. The molecule has 2 heterocycles. The smallest absolute Gasteiger partial charge is 0.230 e. The van der Waals surface area contributed by atoms with Crippen molar-refractivity contribution in [1.82, 2.24) is 14.7 Å². The number of carbonyl (C=O) groups is 1. The number of hydrogen-bond acceptors (Lipinski definition) is 3. The van der Waals surface area contributed by atoms with Crippen molar-refractivity contribution in [2.75, 3.05) is 25.0 Å². The van der Waals surface area contributed by atoms with Gasteiger partial charge >= 0.3 is 0 Å². The van der Waals surface area contributed by atoms with E-state index in [4.69, 9.17) is 0 Å². The van der Waals surface area contributed by atoms with Crippen LogP contribution in [-0.4, -0.2) is 40.2 Å². The van der Waals surface area contributed by atoms with Gasteiger partial charge in [0, 0.05) is 31.1 Å². The van der Waals surface area contributed by atoms with Gasteiger partial charge in [0.2, 0.25) is 5.91 Å². The van der Waals surface area contributed by atoms with Crippen molar-refractivity contribution in [3.8, 4) is 0 Å². The summed E-state index contributed by atoms with van der Waals surface area (Å²) in [6.45, 7) is 9.27. The molecule has 5 heteroatoms. The lowest BCUT2D eigenvalue weighted by Gasteiger charge is -2.35. The normalized spacial score (nSPS) is 22.9. The van der Waals surface area contributed by atoms with Crippen LogP contribution in [0.5, 0.6) is 0 Å². The Balaban J connectivity index is 1.54. The fourth-order valence-electron chi connectivity index (χ4n) is 3.74. The maximum absolute atomic E-state index is 12.3. The maximum Gasteiger partial charge on any atom is 0.230 e. The minimum atomic E-state index is -0.396. The molecule has 25 heavy (non-hydrogen) atoms. The van der Waals surface area contributed by atoms with Crippen LogP contribution in [0, 0.1) is 11.3 Å². The molecule has 0 spiro atoms. The third-order valence-corrected chi connectivity index (χ3v) is 5.39. The topological polar surface area (TPSA) is 50.2 Å². The summed E-state index contributed by atoms with van der Waals surface area (Å²) in [5, 5.41) is 7.53. The number of allylic oxidation sites excluding steroid dienone is 2. The Morgan fingerprint density at radius 3 is 2.64 bits per heavy atom. The van der Waals surface area contributed by atoms with Gasteiger partial charge in [-0.15, -0.1) is 0 Å². The first-order valence-corrected chi connectivity index (χ1v) is 9.66. The molecule has 3 rings (SSSR count). The van der Waals surface area contributed by atoms with Crippen LogP contribution < -0.4 is 5.32 Å². The SMILES string of the molecule is CC(C)(C)C(=O)Nc1ccnn1C1CCN(C[C@@H]2CC=CCC2)CC1. The predicted molar refractivity (Wildman–Crippen MR) is 102 cm³/mol. The van der Waals surface area contributed by atoms with Gasteiger partial charge in [0.1, 0.15) is 5.82 Å². The van der Waals surface area contributed by atoms with Crippen LogP contribution in [0.1, 0.15) is 58.9 Å². The molecular weight excluding hydrogens is 312 g/mol. The van der Waals surface area contributed by atoms with E-state index in [-0.39, 0.29) is 5.91 Å². The maximum atomic E-state index is 12.3. The van der Waals surface area contributed by atoms with E-state index in [1.54, 1.807) is 6.20 Å². The van der Waals surface area contributed by atoms with Crippen LogP contribution in [0.3, 0.4) is 0 Å². The third kappa shape index (κ3) is 4.72. The van der Waals surface area contributed by atoms with Crippen LogP contribution >= 0.6 is 0 Å². The van der Waals surface area contributed by atoms with Gasteiger partial charge in [-0.3, -0.25) is 4.79 Å². The summed E-state index contributed by atoms with van der Waals surface area (Å²) in [4.78, 5) is 14.9. The third-order valence-electron chi connectivity index (χ3n) is 5.39. The highest BCUT2D eigenvalue weighted by Gasteiger charge is 2.27. The number of rotatable bonds is 4. The highest BCUT2D eigenvalue weighted by molar-refractivity contribution is 5.93. The monoisotopic (exact) mass is 344 g/mol. The van der Waals surface area contributed by atoms with Gasteiger partial charge in [0.25, 0.3) is 0 Å². The minimum absolute atomic E-state index is 0.0389. The van der Waals surface area contributed by atoms with Gasteiger partial charge in [-0.25, -0.2) is 4.68 Å². The Bertz CT molecular complexity index is 605. The van der Waals surface area contributed by atoms with E-state index in [1.165, 1.54) is 25.8 Å². The molecule has 2 aliphatic rings. The molecule has 1 N–H and O–H groups in total. The summed E-state index contributed by atoms with van der Waals surface area (Å²) in [5.74, 6) is 1.70. The molecule has 1 atom stereocenters. The van der Waals surface area contributed by atoms with Crippen molar-refractivity contribution in [2.45, 2.75) is 58.9 Å². The van der Waals surface area contributed by atoms with Gasteiger partial charge < -0.3 is 10.2 Å². The number of likely N-dealkylation sites (tertiary alicyclic amines) is 1. The minimum Gasteiger partial charge on any atom is -0.310 e. The lowest BCUT2D eigenvalue weighted by Crippen LogP contribution is -2.38. The van der Waals surface area contributed by atoms with Crippen LogP contribution in [0.4, 0.5) is 5.82 Å². The van der Waals surface area contributed by atoms with Crippen LogP contribution in [0.15, 0.2) is 24.4 Å². The number of nitrogens with zero attached hydrogens (tertiary/aromatic N) is 3. The summed E-state index contributed by atoms with van der Waals surface area (Å²) < 4.78 is 2.02. The van der Waals surface area contributed by atoms with E-state index in [0.29, 0.717) is 6.04 Å². The molecule has 5 nitrogen and oxygen atoms in total. The molecule has 1 aromatic rings. The van der Waals surface area contributed by atoms with Crippen molar-refractivity contribution in [3.05, 3.63) is 24.4 Å². The fourth-order valence-corrected chi connectivity index (χ4v) is 3.74. The molecule has 1 saturated heterocycles. The van der Waals surface area contributed by atoms with E-state index < -0.39 is 5.41 Å². The molecule has 1 aliphatic heterocycles. The zero-order valence-corrected chi connectivity index (χ0v) is 15.9. The molecule has 1 amide bonds. The molecule has 138 valence electrons. The second-order valence-corrected chi connectivity index (χ2v) is 8.55. The van der Waals surface area contributed by atoms with Crippen LogP contribution in [0.25, 0.3) is 0 Å². The van der Waals surface area contributed by atoms with Crippen molar-refractivity contribution in [2.24, 2.45) is 11.3 Å². The lowest BCUT2D eigenvalue weighted by molar-refractivity contribution is -0.123. The first-order chi connectivity index (χ1) is 11.9. The van der Waals surface area contributed by atoms with E-state index in [1.807, 2.05) is 31.5 Å². The zero-order valence-electron chi connectivity index (χ0n) is 15.9. The van der Waals surface area contributed by atoms with Gasteiger partial charge in [0.05, 0.1) is 12.2 Å². The average molecular weight is 345 g/mol. The summed E-state index contributed by atoms with van der Waals surface area (Å²) in [6.07, 6.45) is 12.5.